The number of hydrogen-bond acceptors (Lipinski definition) is 2. The van der Waals surface area contributed by atoms with Gasteiger partial charge in [0.05, 0.1) is 15.1 Å². The lowest BCUT2D eigenvalue weighted by Crippen LogP contribution is -2.22. The monoisotopic (exact) mass is 405 g/mol. The Morgan fingerprint density at radius 2 is 1.78 bits per heavy atom. The van der Waals surface area contributed by atoms with Gasteiger partial charge in [0.15, 0.2) is 11.4 Å². The minimum atomic E-state index is -5.23. The number of pyridine rings is 1. The summed E-state index contributed by atoms with van der Waals surface area (Å²) < 4.78 is 76.8. The van der Waals surface area contributed by atoms with Crippen molar-refractivity contribution in [3.05, 3.63) is 21.0 Å². The molecule has 1 heterocycles. The van der Waals surface area contributed by atoms with Crippen LogP contribution < -0.4 is 4.74 Å². The van der Waals surface area contributed by atoms with Gasteiger partial charge in [-0.2, -0.15) is 13.2 Å². The molecule has 0 aliphatic rings. The summed E-state index contributed by atoms with van der Waals surface area (Å²) in [6.45, 7) is 0. The molecule has 1 aromatic rings. The fourth-order valence-corrected chi connectivity index (χ4v) is 1.89. The fraction of sp³-hybridized carbons (Fsp3) is 0.375. The zero-order valence-electron chi connectivity index (χ0n) is 8.16. The molecule has 0 unspecified atom stereocenters. The van der Waals surface area contributed by atoms with E-state index in [2.05, 4.69) is 9.72 Å². The third-order valence-corrected chi connectivity index (χ3v) is 2.68. The predicted octanol–water partition coefficient (Wildman–Crippen LogP) is 4.34. The summed E-state index contributed by atoms with van der Waals surface area (Å²) in [6.07, 6.45) is -10.3. The number of aromatic nitrogens is 1. The molecule has 0 radical (unpaired) electrons. The van der Waals surface area contributed by atoms with Gasteiger partial charge in [-0.15, -0.1) is 24.8 Å². The molecule has 0 N–H and O–H groups in total. The van der Waals surface area contributed by atoms with Crippen molar-refractivity contribution in [2.75, 3.05) is 0 Å². The molecule has 0 bridgehead atoms. The van der Waals surface area contributed by atoms with Gasteiger partial charge in [-0.25, -0.2) is 4.98 Å². The van der Waals surface area contributed by atoms with Crippen LogP contribution in [0.1, 0.15) is 11.4 Å². The van der Waals surface area contributed by atoms with Crippen LogP contribution in [0.3, 0.4) is 0 Å². The molecule has 0 saturated heterocycles. The van der Waals surface area contributed by atoms with Crippen molar-refractivity contribution in [2.45, 2.75) is 18.4 Å². The average molecular weight is 405 g/mol. The fourth-order valence-electron chi connectivity index (χ4n) is 1.02. The van der Waals surface area contributed by atoms with Gasteiger partial charge in [0, 0.05) is 0 Å². The second kappa shape index (κ2) is 5.27. The number of hydrogen-bond donors (Lipinski definition) is 0. The molecule has 0 aromatic carbocycles. The maximum Gasteiger partial charge on any atom is 0.573 e. The second-order valence-electron chi connectivity index (χ2n) is 2.95. The normalized spacial score (nSPS) is 12.7. The summed E-state index contributed by atoms with van der Waals surface area (Å²) in [5, 5.41) is 0. The molecule has 2 nitrogen and oxygen atoms in total. The quantitative estimate of drug-likeness (QED) is 0.415. The maximum atomic E-state index is 12.6. The van der Waals surface area contributed by atoms with Crippen molar-refractivity contribution >= 4 is 34.2 Å². The topological polar surface area (TPSA) is 22.1 Å². The molecule has 0 aliphatic carbocycles. The van der Waals surface area contributed by atoms with E-state index in [1.165, 1.54) is 22.6 Å². The smallest absolute Gasteiger partial charge is 0.402 e. The molecule has 0 atom stereocenters. The number of nitrogens with zero attached hydrogens (tertiary/aromatic N) is 1. The Bertz CT molecular complexity index is 446. The molecule has 10 heteroatoms. The Labute approximate surface area is 115 Å². The van der Waals surface area contributed by atoms with E-state index >= 15 is 0 Å². The van der Waals surface area contributed by atoms with Crippen molar-refractivity contribution in [3.8, 4) is 5.75 Å². The maximum absolute atomic E-state index is 12.6. The van der Waals surface area contributed by atoms with E-state index in [1.54, 1.807) is 0 Å². The Balaban J connectivity index is 3.39. The minimum Gasteiger partial charge on any atom is -0.402 e. The molecular formula is C8H3ClF6INO. The van der Waals surface area contributed by atoms with E-state index in [-0.39, 0.29) is 15.1 Å². The highest BCUT2D eigenvalue weighted by molar-refractivity contribution is 14.1. The molecule has 0 saturated carbocycles. The highest BCUT2D eigenvalue weighted by Crippen LogP contribution is 2.40. The van der Waals surface area contributed by atoms with Gasteiger partial charge in [-0.1, -0.05) is 0 Å². The summed E-state index contributed by atoms with van der Waals surface area (Å²) in [4.78, 5) is 3.02. The van der Waals surface area contributed by atoms with Gasteiger partial charge < -0.3 is 4.74 Å². The van der Waals surface area contributed by atoms with Crippen LogP contribution in [0.5, 0.6) is 5.75 Å². The van der Waals surface area contributed by atoms with Crippen LogP contribution in [-0.4, -0.2) is 11.3 Å². The second-order valence-corrected chi connectivity index (χ2v) is 4.38. The van der Waals surface area contributed by atoms with Gasteiger partial charge in [0.1, 0.15) is 0 Å². The standard InChI is InChI=1S/C8H3ClF6INO/c9-2-3-1-4(16)5(18-8(13,14)15)6(17-3)7(10,11)12/h1H,2H2. The summed E-state index contributed by atoms with van der Waals surface area (Å²) in [7, 11) is 0. The Kier molecular flexibility index (Phi) is 4.57. The molecule has 1 aromatic heterocycles. The van der Waals surface area contributed by atoms with Crippen molar-refractivity contribution in [1.29, 1.82) is 0 Å². The third-order valence-electron chi connectivity index (χ3n) is 1.60. The molecule has 102 valence electrons. The van der Waals surface area contributed by atoms with Crippen LogP contribution in [-0.2, 0) is 12.1 Å². The van der Waals surface area contributed by atoms with E-state index in [0.717, 1.165) is 6.07 Å². The van der Waals surface area contributed by atoms with E-state index in [4.69, 9.17) is 11.6 Å². The average Bonchev–Trinajstić information content (AvgIpc) is 2.17. The number of halogens is 8. The van der Waals surface area contributed by atoms with E-state index < -0.39 is 24.0 Å². The lowest BCUT2D eigenvalue weighted by atomic mass is 10.3. The molecule has 0 amide bonds. The summed E-state index contributed by atoms with van der Waals surface area (Å²) >= 11 is 6.60. The van der Waals surface area contributed by atoms with E-state index in [0.29, 0.717) is 0 Å². The first-order valence-electron chi connectivity index (χ1n) is 4.13. The largest absolute Gasteiger partial charge is 0.573 e. The summed E-state index contributed by atoms with van der Waals surface area (Å²) in [5.74, 6) is -1.73. The lowest BCUT2D eigenvalue weighted by Gasteiger charge is -2.16. The zero-order chi connectivity index (χ0) is 14.1. The van der Waals surface area contributed by atoms with Crippen LogP contribution in [0.4, 0.5) is 26.3 Å². The van der Waals surface area contributed by atoms with Crippen molar-refractivity contribution in [1.82, 2.24) is 4.98 Å². The molecule has 0 fully saturated rings. The van der Waals surface area contributed by atoms with Crippen molar-refractivity contribution in [2.24, 2.45) is 0 Å². The highest BCUT2D eigenvalue weighted by Gasteiger charge is 2.42. The van der Waals surface area contributed by atoms with Gasteiger partial charge in [-0.05, 0) is 28.7 Å². The van der Waals surface area contributed by atoms with Crippen LogP contribution in [0, 0.1) is 3.57 Å². The number of rotatable bonds is 2. The molecule has 1 rings (SSSR count). The van der Waals surface area contributed by atoms with E-state index in [1.807, 2.05) is 0 Å². The van der Waals surface area contributed by atoms with Crippen LogP contribution in [0.15, 0.2) is 6.07 Å². The van der Waals surface area contributed by atoms with Crippen molar-refractivity contribution < 1.29 is 31.1 Å². The van der Waals surface area contributed by atoms with Crippen LogP contribution in [0.2, 0.25) is 0 Å². The summed E-state index contributed by atoms with van der Waals surface area (Å²) in [5.41, 5.74) is -1.94. The first-order chi connectivity index (χ1) is 8.04. The summed E-state index contributed by atoms with van der Waals surface area (Å²) in [6, 6.07) is 0.990. The lowest BCUT2D eigenvalue weighted by molar-refractivity contribution is -0.276. The Hall–Kier alpha value is -0.450. The first kappa shape index (κ1) is 15.6. The van der Waals surface area contributed by atoms with Gasteiger partial charge in [0.25, 0.3) is 0 Å². The Morgan fingerprint density at radius 3 is 2.17 bits per heavy atom. The minimum absolute atomic E-state index is 0.192. The molecular weight excluding hydrogens is 402 g/mol. The number of ether oxygens (including phenoxy) is 1. The first-order valence-corrected chi connectivity index (χ1v) is 5.74. The van der Waals surface area contributed by atoms with Crippen LogP contribution >= 0.6 is 34.2 Å². The van der Waals surface area contributed by atoms with Crippen LogP contribution in [0.25, 0.3) is 0 Å². The predicted molar refractivity (Wildman–Crippen MR) is 58.2 cm³/mol. The van der Waals surface area contributed by atoms with Crippen molar-refractivity contribution in [3.63, 3.8) is 0 Å². The Morgan fingerprint density at radius 1 is 1.22 bits per heavy atom. The molecule has 0 aliphatic heterocycles. The molecule has 18 heavy (non-hydrogen) atoms. The zero-order valence-corrected chi connectivity index (χ0v) is 11.1. The molecule has 0 spiro atoms. The third kappa shape index (κ3) is 4.04. The van der Waals surface area contributed by atoms with E-state index in [9.17, 15) is 26.3 Å². The van der Waals surface area contributed by atoms with Gasteiger partial charge >= 0.3 is 12.5 Å². The van der Waals surface area contributed by atoms with Gasteiger partial charge in [-0.3, -0.25) is 0 Å². The highest BCUT2D eigenvalue weighted by atomic mass is 127. The van der Waals surface area contributed by atoms with Gasteiger partial charge in [0.2, 0.25) is 0 Å². The number of alkyl halides is 7. The SMILES string of the molecule is FC(F)(F)Oc1c(I)cc(CCl)nc1C(F)(F)F.